The molecular formula is C17H20ClN3O2. The Morgan fingerprint density at radius 3 is 2.96 bits per heavy atom. The molecule has 0 bridgehead atoms. The third-order valence-corrected chi connectivity index (χ3v) is 4.31. The fourth-order valence-electron chi connectivity index (χ4n) is 2.75. The lowest BCUT2D eigenvalue weighted by Crippen LogP contribution is -2.29. The first kappa shape index (κ1) is 16.0. The number of anilines is 1. The standard InChI is InChI=1S/C17H20ClN3O2/c1-12-10-19-21(11-13-3-2-4-15(18)9-13)16(12)20-17(22)14-5-7-23-8-6-14/h2-4,9-10,14H,5-8,11H2,1H3,(H,20,22). The average molecular weight is 334 g/mol. The summed E-state index contributed by atoms with van der Waals surface area (Å²) in [5.74, 6) is 0.809. The van der Waals surface area contributed by atoms with E-state index in [0.717, 1.165) is 29.8 Å². The average Bonchev–Trinajstić information content (AvgIpc) is 2.89. The molecule has 2 heterocycles. The molecule has 0 unspecified atom stereocenters. The molecule has 1 aliphatic rings. The van der Waals surface area contributed by atoms with E-state index >= 15 is 0 Å². The number of carbonyl (C=O) groups is 1. The summed E-state index contributed by atoms with van der Waals surface area (Å²) in [7, 11) is 0. The normalized spacial score (nSPS) is 15.6. The van der Waals surface area contributed by atoms with Crippen molar-refractivity contribution >= 4 is 23.3 Å². The molecule has 1 aromatic carbocycles. The van der Waals surface area contributed by atoms with Gasteiger partial charge in [0.2, 0.25) is 5.91 Å². The minimum absolute atomic E-state index is 0.0117. The van der Waals surface area contributed by atoms with Gasteiger partial charge in [-0.05, 0) is 37.5 Å². The Balaban J connectivity index is 1.74. The highest BCUT2D eigenvalue weighted by atomic mass is 35.5. The zero-order valence-corrected chi connectivity index (χ0v) is 13.8. The predicted octanol–water partition coefficient (Wildman–Crippen LogP) is 3.26. The Morgan fingerprint density at radius 2 is 2.22 bits per heavy atom. The number of nitrogens with one attached hydrogen (secondary N) is 1. The van der Waals surface area contributed by atoms with Crippen LogP contribution in [0.4, 0.5) is 5.82 Å². The summed E-state index contributed by atoms with van der Waals surface area (Å²) in [6.45, 7) is 3.82. The number of carbonyl (C=O) groups excluding carboxylic acids is 1. The van der Waals surface area contributed by atoms with E-state index in [4.69, 9.17) is 16.3 Å². The number of ether oxygens (including phenoxy) is 1. The van der Waals surface area contributed by atoms with Crippen molar-refractivity contribution in [1.29, 1.82) is 0 Å². The van der Waals surface area contributed by atoms with Crippen molar-refractivity contribution in [2.24, 2.45) is 5.92 Å². The third kappa shape index (κ3) is 3.92. The lowest BCUT2D eigenvalue weighted by Gasteiger charge is -2.21. The molecule has 1 aromatic heterocycles. The first-order valence-corrected chi connectivity index (χ1v) is 8.17. The summed E-state index contributed by atoms with van der Waals surface area (Å²) in [6.07, 6.45) is 3.31. The van der Waals surface area contributed by atoms with Gasteiger partial charge in [-0.15, -0.1) is 0 Å². The minimum atomic E-state index is 0.0117. The molecule has 2 aromatic rings. The van der Waals surface area contributed by atoms with Crippen molar-refractivity contribution in [2.75, 3.05) is 18.5 Å². The number of rotatable bonds is 4. The van der Waals surface area contributed by atoms with Crippen LogP contribution in [0.15, 0.2) is 30.5 Å². The number of amides is 1. The molecule has 5 nitrogen and oxygen atoms in total. The summed E-state index contributed by atoms with van der Waals surface area (Å²) in [5.41, 5.74) is 2.00. The fraction of sp³-hybridized carbons (Fsp3) is 0.412. The van der Waals surface area contributed by atoms with Gasteiger partial charge in [0.05, 0.1) is 12.7 Å². The molecule has 1 aliphatic heterocycles. The number of halogens is 1. The highest BCUT2D eigenvalue weighted by Crippen LogP contribution is 2.21. The van der Waals surface area contributed by atoms with Crippen molar-refractivity contribution in [3.8, 4) is 0 Å². The van der Waals surface area contributed by atoms with Crippen LogP contribution in [0, 0.1) is 12.8 Å². The van der Waals surface area contributed by atoms with E-state index in [2.05, 4.69) is 10.4 Å². The van der Waals surface area contributed by atoms with E-state index < -0.39 is 0 Å². The predicted molar refractivity (Wildman–Crippen MR) is 89.7 cm³/mol. The van der Waals surface area contributed by atoms with Gasteiger partial charge >= 0.3 is 0 Å². The summed E-state index contributed by atoms with van der Waals surface area (Å²) < 4.78 is 7.12. The van der Waals surface area contributed by atoms with E-state index in [-0.39, 0.29) is 11.8 Å². The van der Waals surface area contributed by atoms with Crippen molar-refractivity contribution in [3.05, 3.63) is 46.6 Å². The zero-order valence-electron chi connectivity index (χ0n) is 13.1. The second kappa shape index (κ2) is 7.15. The topological polar surface area (TPSA) is 56.2 Å². The van der Waals surface area contributed by atoms with Crippen LogP contribution < -0.4 is 5.32 Å². The molecule has 0 atom stereocenters. The SMILES string of the molecule is Cc1cnn(Cc2cccc(Cl)c2)c1NC(=O)C1CCOCC1. The maximum Gasteiger partial charge on any atom is 0.228 e. The number of benzene rings is 1. The molecule has 0 radical (unpaired) electrons. The van der Waals surface area contributed by atoms with Crippen molar-refractivity contribution in [2.45, 2.75) is 26.3 Å². The number of hydrogen-bond acceptors (Lipinski definition) is 3. The molecular weight excluding hydrogens is 314 g/mol. The Hall–Kier alpha value is -1.85. The molecule has 1 saturated heterocycles. The van der Waals surface area contributed by atoms with Crippen molar-refractivity contribution < 1.29 is 9.53 Å². The molecule has 0 saturated carbocycles. The summed E-state index contributed by atoms with van der Waals surface area (Å²) in [6, 6.07) is 7.65. The largest absolute Gasteiger partial charge is 0.381 e. The number of aryl methyl sites for hydroxylation is 1. The molecule has 122 valence electrons. The first-order valence-electron chi connectivity index (χ1n) is 7.79. The molecule has 6 heteroatoms. The van der Waals surface area contributed by atoms with Gasteiger partial charge in [0.25, 0.3) is 0 Å². The van der Waals surface area contributed by atoms with Crippen LogP contribution in [0.1, 0.15) is 24.0 Å². The van der Waals surface area contributed by atoms with E-state index in [1.165, 1.54) is 0 Å². The smallest absolute Gasteiger partial charge is 0.228 e. The monoisotopic (exact) mass is 333 g/mol. The lowest BCUT2D eigenvalue weighted by molar-refractivity contribution is -0.122. The number of hydrogen-bond donors (Lipinski definition) is 1. The summed E-state index contributed by atoms with van der Waals surface area (Å²) in [4.78, 5) is 12.4. The Kier molecular flexibility index (Phi) is 4.98. The van der Waals surface area contributed by atoms with Gasteiger partial charge in [-0.3, -0.25) is 4.79 Å². The molecule has 23 heavy (non-hydrogen) atoms. The Morgan fingerprint density at radius 1 is 1.43 bits per heavy atom. The molecule has 3 rings (SSSR count). The van der Waals surface area contributed by atoms with Crippen LogP contribution in [0.3, 0.4) is 0 Å². The second-order valence-corrected chi connectivity index (χ2v) is 6.28. The molecule has 0 aliphatic carbocycles. The van der Waals surface area contributed by atoms with Crippen LogP contribution in [0.2, 0.25) is 5.02 Å². The zero-order chi connectivity index (χ0) is 16.2. The van der Waals surface area contributed by atoms with Crippen LogP contribution in [-0.4, -0.2) is 28.9 Å². The maximum atomic E-state index is 12.4. The minimum Gasteiger partial charge on any atom is -0.381 e. The van der Waals surface area contributed by atoms with Crippen LogP contribution >= 0.6 is 11.6 Å². The molecule has 1 amide bonds. The molecule has 1 fully saturated rings. The molecule has 0 spiro atoms. The maximum absolute atomic E-state index is 12.4. The number of nitrogens with zero attached hydrogens (tertiary/aromatic N) is 2. The first-order chi connectivity index (χ1) is 11.1. The van der Waals surface area contributed by atoms with Gasteiger partial charge in [-0.25, -0.2) is 4.68 Å². The summed E-state index contributed by atoms with van der Waals surface area (Å²) in [5, 5.41) is 8.10. The summed E-state index contributed by atoms with van der Waals surface area (Å²) >= 11 is 6.03. The highest BCUT2D eigenvalue weighted by molar-refractivity contribution is 6.30. The van der Waals surface area contributed by atoms with E-state index in [1.807, 2.05) is 31.2 Å². The Labute approximate surface area is 140 Å². The van der Waals surface area contributed by atoms with Gasteiger partial charge in [-0.2, -0.15) is 5.10 Å². The van der Waals surface area contributed by atoms with Crippen LogP contribution in [0.5, 0.6) is 0 Å². The van der Waals surface area contributed by atoms with Crippen molar-refractivity contribution in [1.82, 2.24) is 9.78 Å². The van der Waals surface area contributed by atoms with E-state index in [1.54, 1.807) is 10.9 Å². The van der Waals surface area contributed by atoms with Crippen molar-refractivity contribution in [3.63, 3.8) is 0 Å². The van der Waals surface area contributed by atoms with Gasteiger partial charge in [-0.1, -0.05) is 23.7 Å². The van der Waals surface area contributed by atoms with E-state index in [0.29, 0.717) is 24.8 Å². The van der Waals surface area contributed by atoms with E-state index in [9.17, 15) is 4.79 Å². The highest BCUT2D eigenvalue weighted by Gasteiger charge is 2.23. The van der Waals surface area contributed by atoms with Gasteiger partial charge in [0.15, 0.2) is 0 Å². The fourth-order valence-corrected chi connectivity index (χ4v) is 2.96. The van der Waals surface area contributed by atoms with Gasteiger partial charge in [0, 0.05) is 29.7 Å². The Bertz CT molecular complexity index is 693. The lowest BCUT2D eigenvalue weighted by atomic mass is 9.99. The third-order valence-electron chi connectivity index (χ3n) is 4.08. The second-order valence-electron chi connectivity index (χ2n) is 5.84. The number of aromatic nitrogens is 2. The van der Waals surface area contributed by atoms with Gasteiger partial charge in [0.1, 0.15) is 5.82 Å². The van der Waals surface area contributed by atoms with Crippen LogP contribution in [-0.2, 0) is 16.1 Å². The van der Waals surface area contributed by atoms with Gasteiger partial charge < -0.3 is 10.1 Å². The quantitative estimate of drug-likeness (QED) is 0.934. The van der Waals surface area contributed by atoms with Crippen LogP contribution in [0.25, 0.3) is 0 Å². The molecule has 1 N–H and O–H groups in total.